The van der Waals surface area contributed by atoms with Crippen LogP contribution in [-0.4, -0.2) is 25.6 Å². The molecule has 6 heteroatoms. The molecule has 0 saturated heterocycles. The fourth-order valence-electron chi connectivity index (χ4n) is 1.44. The Hall–Kier alpha value is -1.75. The van der Waals surface area contributed by atoms with Gasteiger partial charge in [-0.2, -0.15) is 0 Å². The quantitative estimate of drug-likeness (QED) is 0.816. The third-order valence-electron chi connectivity index (χ3n) is 2.30. The molecule has 0 saturated carbocycles. The summed E-state index contributed by atoms with van der Waals surface area (Å²) in [7, 11) is 1.50. The topological polar surface area (TPSA) is 64.6 Å². The number of carbonyl (C=O) groups excluding carboxylic acids is 2. The zero-order valence-corrected chi connectivity index (χ0v) is 11.6. The number of carbonyl (C=O) groups is 2. The molecule has 0 aliphatic carbocycles. The maximum Gasteiger partial charge on any atom is 0.306 e. The van der Waals surface area contributed by atoms with Crippen molar-refractivity contribution < 1.29 is 19.1 Å². The van der Waals surface area contributed by atoms with Gasteiger partial charge in [0, 0.05) is 11.4 Å². The Morgan fingerprint density at radius 3 is 2.68 bits per heavy atom. The van der Waals surface area contributed by atoms with Gasteiger partial charge in [-0.25, -0.2) is 0 Å². The molecule has 1 rings (SSSR count). The largest absolute Gasteiger partial charge is 0.495 e. The summed E-state index contributed by atoms with van der Waals surface area (Å²) in [5, 5.41) is 3.13. The Morgan fingerprint density at radius 2 is 2.05 bits per heavy atom. The van der Waals surface area contributed by atoms with Crippen LogP contribution >= 0.6 is 11.6 Å². The first-order chi connectivity index (χ1) is 9.06. The monoisotopic (exact) mass is 285 g/mol. The zero-order valence-electron chi connectivity index (χ0n) is 10.9. The number of hydrogen-bond acceptors (Lipinski definition) is 4. The molecular formula is C13H16ClNO4. The first-order valence-electron chi connectivity index (χ1n) is 5.85. The average Bonchev–Trinajstić information content (AvgIpc) is 2.37. The highest BCUT2D eigenvalue weighted by Gasteiger charge is 2.10. The molecule has 1 amide bonds. The third kappa shape index (κ3) is 5.18. The molecule has 0 radical (unpaired) electrons. The van der Waals surface area contributed by atoms with E-state index in [1.54, 1.807) is 25.1 Å². The van der Waals surface area contributed by atoms with Crippen LogP contribution in [0, 0.1) is 0 Å². The number of rotatable bonds is 6. The van der Waals surface area contributed by atoms with E-state index in [0.29, 0.717) is 23.1 Å². The molecule has 1 N–H and O–H groups in total. The molecule has 1 aromatic rings. The van der Waals surface area contributed by atoms with Gasteiger partial charge in [-0.15, -0.1) is 0 Å². The Morgan fingerprint density at radius 1 is 1.32 bits per heavy atom. The second-order valence-electron chi connectivity index (χ2n) is 3.70. The van der Waals surface area contributed by atoms with Crippen molar-refractivity contribution in [3.8, 4) is 5.75 Å². The minimum absolute atomic E-state index is 0.0442. The number of benzene rings is 1. The van der Waals surface area contributed by atoms with E-state index < -0.39 is 5.97 Å². The van der Waals surface area contributed by atoms with Gasteiger partial charge < -0.3 is 14.8 Å². The van der Waals surface area contributed by atoms with Crippen LogP contribution in [0.15, 0.2) is 18.2 Å². The van der Waals surface area contributed by atoms with Crippen LogP contribution in [0.5, 0.6) is 5.75 Å². The lowest BCUT2D eigenvalue weighted by Gasteiger charge is -2.10. The van der Waals surface area contributed by atoms with Crippen molar-refractivity contribution in [2.45, 2.75) is 19.8 Å². The summed E-state index contributed by atoms with van der Waals surface area (Å²) < 4.78 is 9.84. The minimum atomic E-state index is -0.393. The van der Waals surface area contributed by atoms with E-state index in [4.69, 9.17) is 21.1 Å². The Bertz CT molecular complexity index is 462. The Kier molecular flexibility index (Phi) is 6.15. The summed E-state index contributed by atoms with van der Waals surface area (Å²) >= 11 is 5.85. The lowest BCUT2D eigenvalue weighted by atomic mass is 10.2. The van der Waals surface area contributed by atoms with Gasteiger partial charge in [0.05, 0.1) is 25.8 Å². The summed E-state index contributed by atoms with van der Waals surface area (Å²) in [5.41, 5.74) is 0.476. The molecular weight excluding hydrogens is 270 g/mol. The molecule has 19 heavy (non-hydrogen) atoms. The number of hydrogen-bond donors (Lipinski definition) is 1. The summed E-state index contributed by atoms with van der Waals surface area (Å²) in [5.74, 6) is -0.182. The maximum absolute atomic E-state index is 11.7. The zero-order chi connectivity index (χ0) is 14.3. The van der Waals surface area contributed by atoms with Gasteiger partial charge in [-0.1, -0.05) is 11.6 Å². The van der Waals surface area contributed by atoms with Gasteiger partial charge in [-0.3, -0.25) is 9.59 Å². The fraction of sp³-hybridized carbons (Fsp3) is 0.385. The van der Waals surface area contributed by atoms with Crippen LogP contribution in [0.3, 0.4) is 0 Å². The van der Waals surface area contributed by atoms with Crippen molar-refractivity contribution in [3.05, 3.63) is 23.2 Å². The predicted octanol–water partition coefficient (Wildman–Crippen LogP) is 2.63. The smallest absolute Gasteiger partial charge is 0.306 e. The van der Waals surface area contributed by atoms with E-state index in [1.807, 2.05) is 0 Å². The molecule has 0 spiro atoms. The molecule has 104 valence electrons. The van der Waals surface area contributed by atoms with Gasteiger partial charge >= 0.3 is 5.97 Å². The number of nitrogens with one attached hydrogen (secondary N) is 1. The van der Waals surface area contributed by atoms with Gasteiger partial charge in [-0.05, 0) is 25.1 Å². The van der Waals surface area contributed by atoms with Crippen molar-refractivity contribution >= 4 is 29.2 Å². The second kappa shape index (κ2) is 7.63. The molecule has 0 fully saturated rings. The van der Waals surface area contributed by atoms with Crippen LogP contribution in [-0.2, 0) is 14.3 Å². The Balaban J connectivity index is 2.57. The molecule has 0 bridgehead atoms. The SMILES string of the molecule is CCOC(=O)CCC(=O)Nc1cc(Cl)ccc1OC. The highest BCUT2D eigenvalue weighted by molar-refractivity contribution is 6.31. The predicted molar refractivity (Wildman–Crippen MR) is 72.5 cm³/mol. The Labute approximate surface area is 116 Å². The van der Waals surface area contributed by atoms with E-state index in [1.165, 1.54) is 7.11 Å². The van der Waals surface area contributed by atoms with Gasteiger partial charge in [0.15, 0.2) is 0 Å². The highest BCUT2D eigenvalue weighted by Crippen LogP contribution is 2.27. The maximum atomic E-state index is 11.7. The molecule has 0 aromatic heterocycles. The number of halogens is 1. The molecule has 0 atom stereocenters. The molecule has 0 heterocycles. The first-order valence-corrected chi connectivity index (χ1v) is 6.23. The van der Waals surface area contributed by atoms with Crippen LogP contribution in [0.25, 0.3) is 0 Å². The van der Waals surface area contributed by atoms with E-state index in [0.717, 1.165) is 0 Å². The van der Waals surface area contributed by atoms with Crippen LogP contribution in [0.4, 0.5) is 5.69 Å². The molecule has 0 aliphatic rings. The van der Waals surface area contributed by atoms with Crippen LogP contribution < -0.4 is 10.1 Å². The van der Waals surface area contributed by atoms with E-state index in [2.05, 4.69) is 5.32 Å². The summed E-state index contributed by atoms with van der Waals surface area (Å²) in [6, 6.07) is 4.90. The average molecular weight is 286 g/mol. The molecule has 5 nitrogen and oxygen atoms in total. The van der Waals surface area contributed by atoms with Crippen LogP contribution in [0.1, 0.15) is 19.8 Å². The lowest BCUT2D eigenvalue weighted by molar-refractivity contribution is -0.144. The van der Waals surface area contributed by atoms with Crippen molar-refractivity contribution in [2.24, 2.45) is 0 Å². The first kappa shape index (κ1) is 15.3. The fourth-order valence-corrected chi connectivity index (χ4v) is 1.61. The molecule has 0 unspecified atom stereocenters. The third-order valence-corrected chi connectivity index (χ3v) is 2.53. The number of anilines is 1. The van der Waals surface area contributed by atoms with Gasteiger partial charge in [0.25, 0.3) is 0 Å². The van der Waals surface area contributed by atoms with Gasteiger partial charge in [0.1, 0.15) is 5.75 Å². The van der Waals surface area contributed by atoms with E-state index in [-0.39, 0.29) is 18.7 Å². The van der Waals surface area contributed by atoms with Crippen molar-refractivity contribution in [1.82, 2.24) is 0 Å². The van der Waals surface area contributed by atoms with Crippen molar-refractivity contribution in [1.29, 1.82) is 0 Å². The highest BCUT2D eigenvalue weighted by atomic mass is 35.5. The van der Waals surface area contributed by atoms with Crippen molar-refractivity contribution in [2.75, 3.05) is 19.0 Å². The molecule has 1 aromatic carbocycles. The van der Waals surface area contributed by atoms with E-state index in [9.17, 15) is 9.59 Å². The number of amides is 1. The van der Waals surface area contributed by atoms with E-state index >= 15 is 0 Å². The standard InChI is InChI=1S/C13H16ClNO4/c1-3-19-13(17)7-6-12(16)15-10-8-9(14)4-5-11(10)18-2/h4-5,8H,3,6-7H2,1-2H3,(H,15,16). The summed E-state index contributed by atoms with van der Waals surface area (Å²) in [6.45, 7) is 2.03. The van der Waals surface area contributed by atoms with Crippen LogP contribution in [0.2, 0.25) is 5.02 Å². The number of ether oxygens (including phenoxy) is 2. The normalized spacial score (nSPS) is 9.84. The minimum Gasteiger partial charge on any atom is -0.495 e. The van der Waals surface area contributed by atoms with Crippen molar-refractivity contribution in [3.63, 3.8) is 0 Å². The lowest BCUT2D eigenvalue weighted by Crippen LogP contribution is -2.15. The number of esters is 1. The van der Waals surface area contributed by atoms with Gasteiger partial charge in [0.2, 0.25) is 5.91 Å². The summed E-state index contributed by atoms with van der Waals surface area (Å²) in [6.07, 6.45) is 0.0943. The molecule has 0 aliphatic heterocycles. The summed E-state index contributed by atoms with van der Waals surface area (Å²) in [4.78, 5) is 22.8. The second-order valence-corrected chi connectivity index (χ2v) is 4.13. The number of methoxy groups -OCH3 is 1.